The van der Waals surface area contributed by atoms with Crippen LogP contribution < -0.4 is 14.9 Å². The van der Waals surface area contributed by atoms with Crippen molar-refractivity contribution in [3.8, 4) is 35.5 Å². The Bertz CT molecular complexity index is 5130. The molecule has 0 saturated carbocycles. The van der Waals surface area contributed by atoms with Crippen LogP contribution in [0.15, 0.2) is 223 Å². The van der Waals surface area contributed by atoms with Crippen LogP contribution in [0.2, 0.25) is 0 Å². The molecule has 0 bridgehead atoms. The number of nitrogens with zero attached hydrogens (tertiary/aromatic N) is 3. The molecular weight excluding hydrogens is 1240 g/mol. The Hall–Kier alpha value is -11.0. The normalized spacial score (nSPS) is 14.6. The van der Waals surface area contributed by atoms with E-state index in [1.807, 2.05) is 127 Å². The first-order chi connectivity index (χ1) is 48.0. The summed E-state index contributed by atoms with van der Waals surface area (Å²) in [6.07, 6.45) is 20.0. The standard InChI is InChI=1S/C96H87N3O3/c1-91(2,3)70-37-43-85-79(55-70)76(80-56-71(92(4,5)6)38-44-86(80)97(85)100)52-64-28-19-61(20-29-64)25-34-67-49-68(35-26-62-21-30-65(31-22-62)53-77-81-57-72(93(7,8)9)39-45-87(81)98(101)88-46-40-73(58-82(77)88)94(10,11)12)51-69(50-67)36-27-63-23-32-66(33-24-63)54-78-83-59-74(95(13,14)15)41-47-89(83)99(102)90-48-42-75(60-84(78)90)96(16,17)18/h19-24,28-33,37-51,55-60H,1-18H3. The Kier molecular flexibility index (Phi) is 17.6. The molecule has 13 rings (SSSR count). The van der Waals surface area contributed by atoms with Crippen molar-refractivity contribution in [2.24, 2.45) is 0 Å². The maximum atomic E-state index is 14.1. The fourth-order valence-electron chi connectivity index (χ4n) is 13.1. The highest BCUT2D eigenvalue weighted by molar-refractivity contribution is 6.00. The molecule has 2 aliphatic carbocycles. The molecule has 102 heavy (non-hydrogen) atoms. The Balaban J connectivity index is 0.855. The first-order valence-corrected chi connectivity index (χ1v) is 35.3. The summed E-state index contributed by atoms with van der Waals surface area (Å²) in [4.78, 5) is 14.1. The molecule has 0 amide bonds. The summed E-state index contributed by atoms with van der Waals surface area (Å²) in [6.45, 7) is 39.4. The molecule has 0 radical (unpaired) electrons. The van der Waals surface area contributed by atoms with Crippen LogP contribution >= 0.6 is 0 Å². The predicted octanol–water partition coefficient (Wildman–Crippen LogP) is 23.4. The monoisotopic (exact) mass is 1330 g/mol. The number of fused-ring (bicyclic) bond motifs is 6. The third-order valence-electron chi connectivity index (χ3n) is 19.6. The van der Waals surface area contributed by atoms with E-state index in [1.54, 1.807) is 0 Å². The number of rotatable bonds is 1. The van der Waals surface area contributed by atoms with Crippen LogP contribution in [0.4, 0.5) is 34.1 Å². The minimum Gasteiger partial charge on any atom is -0.755 e. The lowest BCUT2D eigenvalue weighted by Crippen LogP contribution is -2.20. The summed E-state index contributed by atoms with van der Waals surface area (Å²) >= 11 is 0. The van der Waals surface area contributed by atoms with Gasteiger partial charge in [-0.3, -0.25) is 0 Å². The summed E-state index contributed by atoms with van der Waals surface area (Å²) in [5.41, 5.74) is 30.6. The maximum absolute atomic E-state index is 14.1. The molecule has 3 heterocycles. The SMILES string of the molecule is CC(C)(C)c1ccc2c(c1)C(=C=C1C=C[C+](C#Cc3cc(C#Cc4ccc([C-]=C5c6cc(C(C)(C)C)ccc6N([O-])c6ccc(C(C)(C)C)cc65)cc4)cc(C#C[C+]4C=CC(=C=C5c6cc(C(C)(C)C)ccc6[N+](=O)c6ccc(C(C)(C)C)cc65)C=C4)c3)C=C1)c1cc(C(C)(C)C)ccc1N2[O-]. The van der Waals surface area contributed by atoms with E-state index in [0.717, 1.165) is 149 Å². The highest BCUT2D eigenvalue weighted by Gasteiger charge is 2.38. The van der Waals surface area contributed by atoms with Crippen LogP contribution in [-0.4, -0.2) is 0 Å². The van der Waals surface area contributed by atoms with E-state index in [0.29, 0.717) is 34.1 Å². The van der Waals surface area contributed by atoms with Crippen LogP contribution in [0.25, 0.3) is 16.7 Å². The topological polar surface area (TPSA) is 72.7 Å². The summed E-state index contributed by atoms with van der Waals surface area (Å²) in [5.74, 6) is 22.4. The van der Waals surface area contributed by atoms with Gasteiger partial charge in [0.2, 0.25) is 0 Å². The fraction of sp³-hybridized carbons (Fsp3) is 0.250. The van der Waals surface area contributed by atoms with E-state index in [9.17, 15) is 15.3 Å². The van der Waals surface area contributed by atoms with Crippen LogP contribution in [-0.2, 0) is 32.5 Å². The van der Waals surface area contributed by atoms with Crippen LogP contribution in [0.1, 0.15) is 219 Å². The van der Waals surface area contributed by atoms with Gasteiger partial charge in [0.25, 0.3) is 11.4 Å². The highest BCUT2D eigenvalue weighted by Crippen LogP contribution is 2.50. The quantitative estimate of drug-likeness (QED) is 0.0709. The molecule has 0 spiro atoms. The van der Waals surface area contributed by atoms with Crippen LogP contribution in [0.3, 0.4) is 0 Å². The second-order valence-corrected chi connectivity index (χ2v) is 33.6. The van der Waals surface area contributed by atoms with E-state index in [1.165, 1.54) is 0 Å². The smallest absolute Gasteiger partial charge is 0.272 e. The lowest BCUT2D eigenvalue weighted by atomic mass is 9.80. The number of benzene rings is 8. The van der Waals surface area contributed by atoms with Gasteiger partial charge < -0.3 is 20.5 Å². The second-order valence-electron chi connectivity index (χ2n) is 33.6. The molecule has 0 fully saturated rings. The van der Waals surface area contributed by atoms with Gasteiger partial charge >= 0.3 is 0 Å². The average Bonchev–Trinajstić information content (AvgIpc) is 0.753. The number of nitroso groups, excluding NO2 is 1. The van der Waals surface area contributed by atoms with Gasteiger partial charge in [-0.05, 0) is 133 Å². The molecule has 6 nitrogen and oxygen atoms in total. The Morgan fingerprint density at radius 1 is 0.343 bits per heavy atom. The zero-order valence-electron chi connectivity index (χ0n) is 62.1. The Labute approximate surface area is 605 Å². The fourth-order valence-corrected chi connectivity index (χ4v) is 13.1. The van der Waals surface area contributed by atoms with Gasteiger partial charge in [0.1, 0.15) is 11.8 Å². The number of anilines is 4. The largest absolute Gasteiger partial charge is 0.755 e. The van der Waals surface area contributed by atoms with Crippen molar-refractivity contribution in [2.45, 2.75) is 157 Å². The van der Waals surface area contributed by atoms with Gasteiger partial charge in [0.15, 0.2) is 0 Å². The molecule has 5 aliphatic rings. The van der Waals surface area contributed by atoms with Crippen LogP contribution in [0.5, 0.6) is 0 Å². The highest BCUT2D eigenvalue weighted by atomic mass is 16.5. The van der Waals surface area contributed by atoms with E-state index in [2.05, 4.69) is 250 Å². The molecule has 0 atom stereocenters. The summed E-state index contributed by atoms with van der Waals surface area (Å²) < 4.78 is 1.06. The molecule has 6 heteroatoms. The molecule has 8 aromatic carbocycles. The van der Waals surface area contributed by atoms with E-state index in [4.69, 9.17) is 0 Å². The Morgan fingerprint density at radius 3 is 0.990 bits per heavy atom. The molecule has 0 aromatic heterocycles. The molecule has 504 valence electrons. The second kappa shape index (κ2) is 25.9. The molecular formula is C96H87N3O3. The van der Waals surface area contributed by atoms with Gasteiger partial charge in [-0.15, -0.1) is 29.3 Å². The number of hydrogen-bond acceptors (Lipinski definition) is 5. The minimum absolute atomic E-state index is 0.135. The van der Waals surface area contributed by atoms with Crippen molar-refractivity contribution in [1.29, 1.82) is 0 Å². The Morgan fingerprint density at radius 2 is 0.637 bits per heavy atom. The van der Waals surface area contributed by atoms with Gasteiger partial charge in [0, 0.05) is 134 Å². The van der Waals surface area contributed by atoms with Crippen LogP contribution in [0, 0.1) is 68.8 Å². The number of hydrogen-bond donors (Lipinski definition) is 0. The van der Waals surface area contributed by atoms with Gasteiger partial charge in [-0.25, -0.2) is 0 Å². The van der Waals surface area contributed by atoms with Gasteiger partial charge in [-0.1, -0.05) is 220 Å². The number of allylic oxidation sites excluding steroid dienone is 10. The maximum Gasteiger partial charge on any atom is 0.272 e. The van der Waals surface area contributed by atoms with Crippen molar-refractivity contribution >= 4 is 50.8 Å². The van der Waals surface area contributed by atoms with Crippen molar-refractivity contribution in [3.63, 3.8) is 0 Å². The molecule has 0 N–H and O–H groups in total. The first kappa shape index (κ1) is 69.5. The molecule has 0 unspecified atom stereocenters. The van der Waals surface area contributed by atoms with E-state index in [-0.39, 0.29) is 32.5 Å². The van der Waals surface area contributed by atoms with Crippen molar-refractivity contribution < 1.29 is 0 Å². The molecule has 8 aromatic rings. The minimum atomic E-state index is -0.135. The van der Waals surface area contributed by atoms with E-state index < -0.39 is 0 Å². The van der Waals surface area contributed by atoms with Crippen molar-refractivity contribution in [3.05, 3.63) is 351 Å². The zero-order chi connectivity index (χ0) is 72.8. The molecule has 0 saturated heterocycles. The van der Waals surface area contributed by atoms with Crippen molar-refractivity contribution in [2.75, 3.05) is 10.1 Å². The predicted molar refractivity (Wildman–Crippen MR) is 426 cm³/mol. The summed E-state index contributed by atoms with van der Waals surface area (Å²) in [7, 11) is 0. The van der Waals surface area contributed by atoms with E-state index >= 15 is 0 Å². The lowest BCUT2D eigenvalue weighted by Gasteiger charge is -2.44. The third-order valence-corrected chi connectivity index (χ3v) is 19.6. The van der Waals surface area contributed by atoms with Crippen molar-refractivity contribution in [1.82, 2.24) is 4.76 Å². The van der Waals surface area contributed by atoms with Gasteiger partial charge in [-0.2, -0.15) is 0 Å². The summed E-state index contributed by atoms with van der Waals surface area (Å²) in [5, 5.41) is 30.3. The first-order valence-electron chi connectivity index (χ1n) is 35.3. The zero-order valence-corrected chi connectivity index (χ0v) is 62.1. The average molecular weight is 1330 g/mol. The third kappa shape index (κ3) is 14.3. The summed E-state index contributed by atoms with van der Waals surface area (Å²) in [6, 6.07) is 51.1. The lowest BCUT2D eigenvalue weighted by molar-refractivity contribution is 0.589. The van der Waals surface area contributed by atoms with Gasteiger partial charge in [0.05, 0.1) is 50.0 Å². The molecule has 3 aliphatic heterocycles.